The van der Waals surface area contributed by atoms with Crippen molar-refractivity contribution < 1.29 is 17.9 Å². The number of carbonyl (C=O) groups is 1. The molecule has 0 radical (unpaired) electrons. The Kier molecular flexibility index (Phi) is 5.17. The quantitative estimate of drug-likeness (QED) is 0.830. The Morgan fingerprint density at radius 1 is 1.32 bits per heavy atom. The molecule has 0 aliphatic carbocycles. The Labute approximate surface area is 133 Å². The molecule has 1 aromatic heterocycles. The number of primary sulfonamides is 1. The average molecular weight is 340 g/mol. The van der Waals surface area contributed by atoms with Crippen LogP contribution in [0.5, 0.6) is 5.75 Å². The van der Waals surface area contributed by atoms with E-state index < -0.39 is 10.0 Å². The first-order chi connectivity index (χ1) is 10.4. The average Bonchev–Trinajstić information content (AvgIpc) is 2.98. The normalized spacial score (nSPS) is 11.2. The second-order valence-corrected chi connectivity index (χ2v) is 7.25. The summed E-state index contributed by atoms with van der Waals surface area (Å²) in [5.41, 5.74) is 1.36. The first-order valence-electron chi connectivity index (χ1n) is 6.42. The number of thiophene rings is 1. The molecule has 0 saturated heterocycles. The van der Waals surface area contributed by atoms with E-state index >= 15 is 0 Å². The lowest BCUT2D eigenvalue weighted by Gasteiger charge is -2.05. The van der Waals surface area contributed by atoms with Gasteiger partial charge in [0.1, 0.15) is 9.96 Å². The van der Waals surface area contributed by atoms with Gasteiger partial charge >= 0.3 is 0 Å². The van der Waals surface area contributed by atoms with Crippen LogP contribution in [0.2, 0.25) is 0 Å². The van der Waals surface area contributed by atoms with Gasteiger partial charge in [0, 0.05) is 11.9 Å². The fourth-order valence-electron chi connectivity index (χ4n) is 1.80. The Morgan fingerprint density at radius 3 is 2.55 bits per heavy atom. The maximum Gasteiger partial charge on any atom is 0.252 e. The van der Waals surface area contributed by atoms with Crippen molar-refractivity contribution in [3.8, 4) is 5.75 Å². The topological polar surface area (TPSA) is 98.5 Å². The lowest BCUT2D eigenvalue weighted by atomic mass is 10.1. The highest BCUT2D eigenvalue weighted by molar-refractivity contribution is 7.91. The van der Waals surface area contributed by atoms with E-state index in [0.29, 0.717) is 18.5 Å². The van der Waals surface area contributed by atoms with Crippen molar-refractivity contribution in [2.24, 2.45) is 5.14 Å². The predicted octanol–water partition coefficient (Wildman–Crippen LogP) is 1.38. The molecule has 8 heteroatoms. The fraction of sp³-hybridized carbons (Fsp3) is 0.214. The second-order valence-electron chi connectivity index (χ2n) is 4.55. The molecule has 0 atom stereocenters. The van der Waals surface area contributed by atoms with Crippen molar-refractivity contribution in [1.82, 2.24) is 5.32 Å². The van der Waals surface area contributed by atoms with Crippen LogP contribution < -0.4 is 15.2 Å². The third-order valence-corrected chi connectivity index (χ3v) is 5.36. The Hall–Kier alpha value is -1.90. The van der Waals surface area contributed by atoms with Gasteiger partial charge in [0.15, 0.2) is 0 Å². The van der Waals surface area contributed by atoms with E-state index in [9.17, 15) is 13.2 Å². The van der Waals surface area contributed by atoms with Gasteiger partial charge in [0.2, 0.25) is 10.0 Å². The molecule has 0 saturated carbocycles. The number of amides is 1. The lowest BCUT2D eigenvalue weighted by Crippen LogP contribution is -2.25. The third-order valence-electron chi connectivity index (χ3n) is 2.98. The molecule has 1 amide bonds. The summed E-state index contributed by atoms with van der Waals surface area (Å²) in [6, 6.07) is 8.84. The maximum absolute atomic E-state index is 11.9. The van der Waals surface area contributed by atoms with Gasteiger partial charge in [0.25, 0.3) is 5.91 Å². The van der Waals surface area contributed by atoms with Gasteiger partial charge < -0.3 is 10.1 Å². The molecule has 3 N–H and O–H groups in total. The summed E-state index contributed by atoms with van der Waals surface area (Å²) < 4.78 is 27.4. The summed E-state index contributed by atoms with van der Waals surface area (Å²) in [5, 5.41) is 9.23. The molecule has 6 nitrogen and oxygen atoms in total. The van der Waals surface area contributed by atoms with Gasteiger partial charge in [-0.2, -0.15) is 0 Å². The Bertz CT molecular complexity index is 751. The number of benzene rings is 1. The summed E-state index contributed by atoms with van der Waals surface area (Å²) in [6.45, 7) is 0.450. The van der Waals surface area contributed by atoms with Crippen molar-refractivity contribution in [3.05, 3.63) is 46.8 Å². The molecule has 0 aliphatic heterocycles. The molecule has 2 rings (SSSR count). The number of methoxy groups -OCH3 is 1. The van der Waals surface area contributed by atoms with Crippen LogP contribution >= 0.6 is 11.3 Å². The molecule has 22 heavy (non-hydrogen) atoms. The zero-order chi connectivity index (χ0) is 16.2. The number of nitrogens with two attached hydrogens (primary N) is 1. The van der Waals surface area contributed by atoms with Gasteiger partial charge in [0.05, 0.1) is 12.7 Å². The molecule has 0 fully saturated rings. The number of hydrogen-bond acceptors (Lipinski definition) is 5. The SMILES string of the molecule is COc1ccc(CCNC(=O)c2csc(S(N)(=O)=O)c2)cc1. The standard InChI is InChI=1S/C14H16N2O4S2/c1-20-12-4-2-10(3-5-12)6-7-16-14(17)11-8-13(21-9-11)22(15,18)19/h2-5,8-9H,6-7H2,1H3,(H,16,17)(H2,15,18,19). The van der Waals surface area contributed by atoms with E-state index in [1.807, 2.05) is 24.3 Å². The second kappa shape index (κ2) is 6.91. The Balaban J connectivity index is 1.88. The van der Waals surface area contributed by atoms with Crippen LogP contribution in [0.25, 0.3) is 0 Å². The van der Waals surface area contributed by atoms with E-state index in [1.165, 1.54) is 11.4 Å². The van der Waals surface area contributed by atoms with Gasteiger partial charge in [-0.05, 0) is 30.2 Å². The smallest absolute Gasteiger partial charge is 0.252 e. The summed E-state index contributed by atoms with van der Waals surface area (Å²) in [4.78, 5) is 11.9. The van der Waals surface area contributed by atoms with Crippen LogP contribution in [-0.4, -0.2) is 28.0 Å². The zero-order valence-corrected chi connectivity index (χ0v) is 13.5. The van der Waals surface area contributed by atoms with E-state index in [4.69, 9.17) is 9.88 Å². The van der Waals surface area contributed by atoms with Crippen molar-refractivity contribution in [2.45, 2.75) is 10.6 Å². The molecular weight excluding hydrogens is 324 g/mol. The first-order valence-corrected chi connectivity index (χ1v) is 8.85. The number of sulfonamides is 1. The summed E-state index contributed by atoms with van der Waals surface area (Å²) in [6.07, 6.45) is 0.669. The Morgan fingerprint density at radius 2 is 2.00 bits per heavy atom. The number of hydrogen-bond donors (Lipinski definition) is 2. The summed E-state index contributed by atoms with van der Waals surface area (Å²) in [5.74, 6) is 0.459. The third kappa shape index (κ3) is 4.30. The molecule has 0 spiro atoms. The minimum Gasteiger partial charge on any atom is -0.497 e. The van der Waals surface area contributed by atoms with E-state index in [0.717, 1.165) is 22.6 Å². The van der Waals surface area contributed by atoms with E-state index in [1.54, 1.807) is 7.11 Å². The highest BCUT2D eigenvalue weighted by Gasteiger charge is 2.14. The van der Waals surface area contributed by atoms with Crippen molar-refractivity contribution >= 4 is 27.3 Å². The predicted molar refractivity (Wildman–Crippen MR) is 84.7 cm³/mol. The minimum absolute atomic E-state index is 0.0206. The van der Waals surface area contributed by atoms with Gasteiger partial charge in [-0.3, -0.25) is 4.79 Å². The number of nitrogens with one attached hydrogen (secondary N) is 1. The van der Waals surface area contributed by atoms with Crippen LogP contribution in [0.15, 0.2) is 39.9 Å². The van der Waals surface area contributed by atoms with Crippen LogP contribution in [0, 0.1) is 0 Å². The molecule has 118 valence electrons. The molecule has 0 aliphatic rings. The fourth-order valence-corrected chi connectivity index (χ4v) is 3.38. The molecule has 1 aromatic carbocycles. The van der Waals surface area contributed by atoms with Gasteiger partial charge in [-0.25, -0.2) is 13.6 Å². The highest BCUT2D eigenvalue weighted by Crippen LogP contribution is 2.18. The van der Waals surface area contributed by atoms with E-state index in [-0.39, 0.29) is 10.1 Å². The lowest BCUT2D eigenvalue weighted by molar-refractivity contribution is 0.0954. The van der Waals surface area contributed by atoms with Crippen molar-refractivity contribution in [1.29, 1.82) is 0 Å². The van der Waals surface area contributed by atoms with Crippen LogP contribution in [-0.2, 0) is 16.4 Å². The molecule has 0 unspecified atom stereocenters. The summed E-state index contributed by atoms with van der Waals surface area (Å²) >= 11 is 0.931. The maximum atomic E-state index is 11.9. The summed E-state index contributed by atoms with van der Waals surface area (Å²) in [7, 11) is -2.16. The van der Waals surface area contributed by atoms with Crippen LogP contribution in [0.1, 0.15) is 15.9 Å². The largest absolute Gasteiger partial charge is 0.497 e. The molecule has 0 bridgehead atoms. The van der Waals surface area contributed by atoms with Gasteiger partial charge in [-0.15, -0.1) is 11.3 Å². The minimum atomic E-state index is -3.76. The molecule has 1 heterocycles. The monoisotopic (exact) mass is 340 g/mol. The zero-order valence-electron chi connectivity index (χ0n) is 11.9. The van der Waals surface area contributed by atoms with Crippen molar-refractivity contribution in [3.63, 3.8) is 0 Å². The number of carbonyl (C=O) groups excluding carboxylic acids is 1. The van der Waals surface area contributed by atoms with Gasteiger partial charge in [-0.1, -0.05) is 12.1 Å². The first kappa shape index (κ1) is 16.5. The molecule has 2 aromatic rings. The van der Waals surface area contributed by atoms with E-state index in [2.05, 4.69) is 5.32 Å². The number of rotatable bonds is 6. The highest BCUT2D eigenvalue weighted by atomic mass is 32.2. The van der Waals surface area contributed by atoms with Crippen LogP contribution in [0.3, 0.4) is 0 Å². The van der Waals surface area contributed by atoms with Crippen molar-refractivity contribution in [2.75, 3.05) is 13.7 Å². The van der Waals surface area contributed by atoms with Crippen LogP contribution in [0.4, 0.5) is 0 Å². The number of ether oxygens (including phenoxy) is 1. The molecular formula is C14H16N2O4S2.